The van der Waals surface area contributed by atoms with Gasteiger partial charge in [0.1, 0.15) is 5.82 Å². The quantitative estimate of drug-likeness (QED) is 0.758. The van der Waals surface area contributed by atoms with Crippen molar-refractivity contribution in [3.63, 3.8) is 0 Å². The fourth-order valence-corrected chi connectivity index (χ4v) is 4.64. The third kappa shape index (κ3) is 4.98. The third-order valence-corrected chi connectivity index (χ3v) is 6.26. The highest BCUT2D eigenvalue weighted by atomic mass is 16.5. The van der Waals surface area contributed by atoms with Crippen molar-refractivity contribution in [3.05, 3.63) is 41.7 Å². The molecule has 1 aliphatic carbocycles. The van der Waals surface area contributed by atoms with Crippen LogP contribution < -0.4 is 10.2 Å². The van der Waals surface area contributed by atoms with Gasteiger partial charge in [0.2, 0.25) is 0 Å². The zero-order valence-corrected chi connectivity index (χ0v) is 18.1. The first-order valence-electron chi connectivity index (χ1n) is 11.2. The Hall–Kier alpha value is -2.47. The summed E-state index contributed by atoms with van der Waals surface area (Å²) in [7, 11) is 1.42. The highest BCUT2D eigenvalue weighted by Crippen LogP contribution is 2.29. The largest absolute Gasteiger partial charge is 0.465 e. The highest BCUT2D eigenvalue weighted by Gasteiger charge is 2.21. The molecule has 0 unspecified atom stereocenters. The minimum atomic E-state index is -0.334. The Labute approximate surface area is 179 Å². The summed E-state index contributed by atoms with van der Waals surface area (Å²) >= 11 is 0. The smallest absolute Gasteiger partial charge is 0.338 e. The van der Waals surface area contributed by atoms with Gasteiger partial charge < -0.3 is 15.0 Å². The lowest BCUT2D eigenvalue weighted by Crippen LogP contribution is -2.49. The molecule has 6 heteroatoms. The number of ether oxygens (including phenoxy) is 1. The number of carbonyl (C=O) groups excluding carboxylic acids is 1. The van der Waals surface area contributed by atoms with E-state index in [1.54, 1.807) is 0 Å². The number of carbonyl (C=O) groups is 1. The van der Waals surface area contributed by atoms with Crippen molar-refractivity contribution in [2.45, 2.75) is 51.5 Å². The van der Waals surface area contributed by atoms with Crippen LogP contribution in [0.5, 0.6) is 0 Å². The first-order valence-corrected chi connectivity index (χ1v) is 11.2. The first kappa shape index (κ1) is 20.8. The van der Waals surface area contributed by atoms with E-state index in [1.807, 2.05) is 24.4 Å². The molecule has 6 nitrogen and oxygen atoms in total. The van der Waals surface area contributed by atoms with E-state index in [-0.39, 0.29) is 5.97 Å². The lowest BCUT2D eigenvalue weighted by molar-refractivity contribution is 0.0600. The zero-order valence-electron chi connectivity index (χ0n) is 18.1. The lowest BCUT2D eigenvalue weighted by atomic mass is 9.86. The molecule has 4 rings (SSSR count). The summed E-state index contributed by atoms with van der Waals surface area (Å²) in [5.41, 5.74) is 3.45. The summed E-state index contributed by atoms with van der Waals surface area (Å²) in [5, 5.41) is 3.45. The van der Waals surface area contributed by atoms with E-state index in [2.05, 4.69) is 28.2 Å². The van der Waals surface area contributed by atoms with Crippen LogP contribution in [-0.4, -0.2) is 48.7 Å². The van der Waals surface area contributed by atoms with Crippen LogP contribution in [0.3, 0.4) is 0 Å². The predicted octanol–water partition coefficient (Wildman–Crippen LogP) is 3.85. The number of methoxy groups -OCH3 is 1. The highest BCUT2D eigenvalue weighted by molar-refractivity contribution is 5.91. The van der Waals surface area contributed by atoms with Gasteiger partial charge in [0.15, 0.2) is 0 Å². The number of esters is 1. The van der Waals surface area contributed by atoms with Gasteiger partial charge in [-0.1, -0.05) is 32.1 Å². The molecule has 1 saturated heterocycles. The minimum absolute atomic E-state index is 0.334. The topological polar surface area (TPSA) is 67.3 Å². The summed E-state index contributed by atoms with van der Waals surface area (Å²) in [6.45, 7) is 4.80. The number of nitrogens with zero attached hydrogens (tertiary/aromatic N) is 3. The number of hydrogen-bond acceptors (Lipinski definition) is 6. The van der Waals surface area contributed by atoms with Gasteiger partial charge in [-0.3, -0.25) is 4.98 Å². The molecular formula is C24H32N4O2. The molecule has 30 heavy (non-hydrogen) atoms. The molecular weight excluding hydrogens is 376 g/mol. The van der Waals surface area contributed by atoms with Gasteiger partial charge in [0.05, 0.1) is 18.4 Å². The summed E-state index contributed by atoms with van der Waals surface area (Å²) < 4.78 is 5.00. The molecule has 160 valence electrons. The fraction of sp³-hybridized carbons (Fsp3) is 0.542. The van der Waals surface area contributed by atoms with Crippen molar-refractivity contribution < 1.29 is 9.53 Å². The second-order valence-electron chi connectivity index (χ2n) is 8.64. The molecule has 3 heterocycles. The molecule has 2 fully saturated rings. The van der Waals surface area contributed by atoms with Crippen molar-refractivity contribution >= 4 is 11.8 Å². The van der Waals surface area contributed by atoms with Crippen LogP contribution in [0, 0.1) is 5.92 Å². The van der Waals surface area contributed by atoms with Gasteiger partial charge in [-0.15, -0.1) is 0 Å². The fourth-order valence-electron chi connectivity index (χ4n) is 4.64. The number of piperazine rings is 1. The summed E-state index contributed by atoms with van der Waals surface area (Å²) in [6.07, 6.45) is 9.51. The number of aromatic nitrogens is 2. The average Bonchev–Trinajstić information content (AvgIpc) is 2.79. The van der Waals surface area contributed by atoms with Gasteiger partial charge in [0.25, 0.3) is 0 Å². The molecule has 1 aliphatic heterocycles. The molecule has 0 spiro atoms. The normalized spacial score (nSPS) is 20.2. The van der Waals surface area contributed by atoms with Gasteiger partial charge in [0, 0.05) is 43.1 Å². The summed E-state index contributed by atoms with van der Waals surface area (Å²) in [4.78, 5) is 24.1. The van der Waals surface area contributed by atoms with Crippen LogP contribution in [-0.2, 0) is 11.2 Å². The van der Waals surface area contributed by atoms with E-state index in [0.717, 1.165) is 54.7 Å². The second kappa shape index (κ2) is 9.56. The molecule has 2 aliphatic rings. The summed E-state index contributed by atoms with van der Waals surface area (Å²) in [5.74, 6) is 1.22. The van der Waals surface area contributed by atoms with E-state index >= 15 is 0 Å². The van der Waals surface area contributed by atoms with E-state index in [9.17, 15) is 4.79 Å². The monoisotopic (exact) mass is 408 g/mol. The molecule has 0 bridgehead atoms. The zero-order chi connectivity index (χ0) is 20.9. The van der Waals surface area contributed by atoms with Crippen molar-refractivity contribution in [3.8, 4) is 11.3 Å². The minimum Gasteiger partial charge on any atom is -0.465 e. The molecule has 0 aromatic carbocycles. The van der Waals surface area contributed by atoms with E-state index in [0.29, 0.717) is 11.6 Å². The van der Waals surface area contributed by atoms with Gasteiger partial charge in [-0.25, -0.2) is 9.78 Å². The van der Waals surface area contributed by atoms with E-state index in [1.165, 1.54) is 39.2 Å². The Morgan fingerprint density at radius 1 is 1.23 bits per heavy atom. The number of anilines is 1. The van der Waals surface area contributed by atoms with Crippen molar-refractivity contribution in [2.24, 2.45) is 5.92 Å². The Morgan fingerprint density at radius 2 is 2.07 bits per heavy atom. The SMILES string of the molecule is COC(=O)c1cc(-c2ccnc(CC3CCCCC3)c2)nc(N2CCN[C@@H](C)C2)c1. The number of rotatable bonds is 5. The Morgan fingerprint density at radius 3 is 2.83 bits per heavy atom. The van der Waals surface area contributed by atoms with Crippen molar-refractivity contribution in [2.75, 3.05) is 31.6 Å². The standard InChI is InChI=1S/C24H32N4O2/c1-17-16-28(11-10-25-17)23-15-20(24(29)30-2)14-22(27-23)19-8-9-26-21(13-19)12-18-6-4-3-5-7-18/h8-9,13-15,17-18,25H,3-7,10-12,16H2,1-2H3/t17-/m0/s1. The van der Waals surface area contributed by atoms with E-state index < -0.39 is 0 Å². The van der Waals surface area contributed by atoms with Crippen molar-refractivity contribution in [1.82, 2.24) is 15.3 Å². The van der Waals surface area contributed by atoms with Crippen LogP contribution in [0.25, 0.3) is 11.3 Å². The Kier molecular flexibility index (Phi) is 6.62. The van der Waals surface area contributed by atoms with Crippen LogP contribution in [0.2, 0.25) is 0 Å². The molecule has 1 N–H and O–H groups in total. The maximum atomic E-state index is 12.3. The molecule has 2 aromatic rings. The van der Waals surface area contributed by atoms with E-state index in [4.69, 9.17) is 9.72 Å². The van der Waals surface area contributed by atoms with Gasteiger partial charge >= 0.3 is 5.97 Å². The molecule has 1 saturated carbocycles. The molecule has 0 radical (unpaired) electrons. The van der Waals surface area contributed by atoms with Gasteiger partial charge in [-0.05, 0) is 43.5 Å². The van der Waals surface area contributed by atoms with Crippen LogP contribution in [0.1, 0.15) is 55.1 Å². The molecule has 0 amide bonds. The van der Waals surface area contributed by atoms with Crippen LogP contribution >= 0.6 is 0 Å². The molecule has 1 atom stereocenters. The average molecular weight is 409 g/mol. The van der Waals surface area contributed by atoms with Crippen LogP contribution in [0.4, 0.5) is 5.82 Å². The molecule has 2 aromatic heterocycles. The third-order valence-electron chi connectivity index (χ3n) is 6.26. The number of pyridine rings is 2. The van der Waals surface area contributed by atoms with Crippen molar-refractivity contribution in [1.29, 1.82) is 0 Å². The first-order chi connectivity index (χ1) is 14.6. The maximum Gasteiger partial charge on any atom is 0.338 e. The number of hydrogen-bond donors (Lipinski definition) is 1. The predicted molar refractivity (Wildman–Crippen MR) is 119 cm³/mol. The maximum absolute atomic E-state index is 12.3. The lowest BCUT2D eigenvalue weighted by Gasteiger charge is -2.33. The van der Waals surface area contributed by atoms with Gasteiger partial charge in [-0.2, -0.15) is 0 Å². The van der Waals surface area contributed by atoms with Crippen LogP contribution in [0.15, 0.2) is 30.5 Å². The summed E-state index contributed by atoms with van der Waals surface area (Å²) in [6, 6.07) is 8.19. The Balaban J connectivity index is 1.64. The second-order valence-corrected chi connectivity index (χ2v) is 8.64. The Bertz CT molecular complexity index is 879. The number of nitrogens with one attached hydrogen (secondary N) is 1.